The normalized spacial score (nSPS) is 10.2. The van der Waals surface area contributed by atoms with Gasteiger partial charge in [0.25, 0.3) is 5.91 Å². The van der Waals surface area contributed by atoms with Gasteiger partial charge in [-0.15, -0.1) is 0 Å². The largest absolute Gasteiger partial charge is 0.478 e. The molecule has 1 amide bonds. The molecular weight excluding hydrogens is 234 g/mol. The number of aryl methyl sites for hydroxylation is 2. The van der Waals surface area contributed by atoms with Crippen LogP contribution in [0.2, 0.25) is 0 Å². The fourth-order valence-corrected chi connectivity index (χ4v) is 1.80. The molecule has 0 saturated carbocycles. The molecule has 0 aliphatic rings. The Labute approximate surface area is 106 Å². The monoisotopic (exact) mass is 251 g/mol. The first kappa shape index (κ1) is 14.2. The molecular formula is C13H17NO4. The molecule has 18 heavy (non-hydrogen) atoms. The third-order valence-corrected chi connectivity index (χ3v) is 2.83. The van der Waals surface area contributed by atoms with Crippen LogP contribution in [-0.2, 0) is 0 Å². The molecule has 0 aliphatic carbocycles. The number of aromatic carboxylic acids is 1. The van der Waals surface area contributed by atoms with Crippen molar-refractivity contribution in [3.8, 4) is 0 Å². The van der Waals surface area contributed by atoms with E-state index >= 15 is 0 Å². The molecule has 0 saturated heterocycles. The first-order valence-electron chi connectivity index (χ1n) is 5.60. The average Bonchev–Trinajstić information content (AvgIpc) is 2.30. The van der Waals surface area contributed by atoms with Gasteiger partial charge < -0.3 is 15.1 Å². The number of hydrogen-bond acceptors (Lipinski definition) is 3. The van der Waals surface area contributed by atoms with Crippen LogP contribution in [0.3, 0.4) is 0 Å². The summed E-state index contributed by atoms with van der Waals surface area (Å²) >= 11 is 0. The molecule has 0 fully saturated rings. The van der Waals surface area contributed by atoms with E-state index in [4.69, 9.17) is 5.11 Å². The summed E-state index contributed by atoms with van der Waals surface area (Å²) in [5.41, 5.74) is 1.39. The first-order chi connectivity index (χ1) is 8.40. The van der Waals surface area contributed by atoms with Crippen molar-refractivity contribution in [1.82, 2.24) is 4.90 Å². The van der Waals surface area contributed by atoms with Gasteiger partial charge in [0.1, 0.15) is 0 Å². The Hall–Kier alpha value is -1.88. The van der Waals surface area contributed by atoms with Crippen molar-refractivity contribution in [2.45, 2.75) is 13.8 Å². The molecule has 5 heteroatoms. The van der Waals surface area contributed by atoms with Gasteiger partial charge in [-0.1, -0.05) is 12.1 Å². The zero-order chi connectivity index (χ0) is 13.9. The zero-order valence-corrected chi connectivity index (χ0v) is 10.7. The van der Waals surface area contributed by atoms with Crippen molar-refractivity contribution < 1.29 is 19.8 Å². The summed E-state index contributed by atoms with van der Waals surface area (Å²) in [6, 6.07) is 3.41. The topological polar surface area (TPSA) is 77.8 Å². The van der Waals surface area contributed by atoms with Gasteiger partial charge in [-0.25, -0.2) is 4.79 Å². The molecule has 0 unspecified atom stereocenters. The Balaban J connectivity index is 3.34. The second-order valence-electron chi connectivity index (χ2n) is 4.20. The van der Waals surface area contributed by atoms with Gasteiger partial charge in [0.05, 0.1) is 17.7 Å². The van der Waals surface area contributed by atoms with Gasteiger partial charge in [-0.05, 0) is 25.0 Å². The highest BCUT2D eigenvalue weighted by molar-refractivity contribution is 6.06. The van der Waals surface area contributed by atoms with Crippen molar-refractivity contribution in [2.24, 2.45) is 0 Å². The van der Waals surface area contributed by atoms with E-state index in [2.05, 4.69) is 0 Å². The summed E-state index contributed by atoms with van der Waals surface area (Å²) in [7, 11) is 1.53. The first-order valence-corrected chi connectivity index (χ1v) is 5.60. The highest BCUT2D eigenvalue weighted by Gasteiger charge is 2.23. The van der Waals surface area contributed by atoms with Gasteiger partial charge in [-0.3, -0.25) is 4.79 Å². The number of carbonyl (C=O) groups is 2. The number of benzene rings is 1. The van der Waals surface area contributed by atoms with Gasteiger partial charge in [-0.2, -0.15) is 0 Å². The van der Waals surface area contributed by atoms with Gasteiger partial charge in [0, 0.05) is 13.6 Å². The minimum atomic E-state index is -1.11. The summed E-state index contributed by atoms with van der Waals surface area (Å²) in [5.74, 6) is -1.50. The number of likely N-dealkylation sites (N-methyl/N-ethyl adjacent to an activating group) is 1. The molecule has 0 atom stereocenters. The fourth-order valence-electron chi connectivity index (χ4n) is 1.80. The number of carboxylic acid groups (broad SMARTS) is 1. The van der Waals surface area contributed by atoms with Crippen LogP contribution in [0.25, 0.3) is 0 Å². The van der Waals surface area contributed by atoms with E-state index in [0.717, 1.165) is 0 Å². The van der Waals surface area contributed by atoms with E-state index in [9.17, 15) is 14.7 Å². The van der Waals surface area contributed by atoms with Gasteiger partial charge >= 0.3 is 5.97 Å². The Kier molecular flexibility index (Phi) is 4.44. The lowest BCUT2D eigenvalue weighted by molar-refractivity contribution is 0.0677. The van der Waals surface area contributed by atoms with Crippen molar-refractivity contribution in [2.75, 3.05) is 20.2 Å². The molecule has 0 bridgehead atoms. The summed E-state index contributed by atoms with van der Waals surface area (Å²) in [4.78, 5) is 24.8. The maximum atomic E-state index is 12.2. The maximum Gasteiger partial charge on any atom is 0.336 e. The molecule has 2 N–H and O–H groups in total. The van der Waals surface area contributed by atoms with Crippen LogP contribution in [0.15, 0.2) is 12.1 Å². The molecule has 98 valence electrons. The summed E-state index contributed by atoms with van der Waals surface area (Å²) in [6.45, 7) is 3.37. The summed E-state index contributed by atoms with van der Waals surface area (Å²) < 4.78 is 0. The zero-order valence-electron chi connectivity index (χ0n) is 10.7. The minimum Gasteiger partial charge on any atom is -0.478 e. The average molecular weight is 251 g/mol. The van der Waals surface area contributed by atoms with Crippen LogP contribution in [0.4, 0.5) is 0 Å². The molecule has 0 heterocycles. The number of hydrogen-bond donors (Lipinski definition) is 2. The van der Waals surface area contributed by atoms with Crippen LogP contribution in [-0.4, -0.2) is 47.2 Å². The summed E-state index contributed by atoms with van der Waals surface area (Å²) in [6.07, 6.45) is 0. The van der Waals surface area contributed by atoms with Crippen LogP contribution in [0.1, 0.15) is 31.8 Å². The molecule has 0 spiro atoms. The quantitative estimate of drug-likeness (QED) is 0.839. The van der Waals surface area contributed by atoms with Crippen molar-refractivity contribution >= 4 is 11.9 Å². The standard InChI is InChI=1S/C13H17NO4/c1-8-4-5-9(2)11(13(17)18)10(8)12(16)14(3)6-7-15/h4-5,15H,6-7H2,1-3H3,(H,17,18). The third kappa shape index (κ3) is 2.68. The van der Waals surface area contributed by atoms with E-state index < -0.39 is 5.97 Å². The Morgan fingerprint density at radius 2 is 1.67 bits per heavy atom. The SMILES string of the molecule is Cc1ccc(C)c(C(=O)N(C)CCO)c1C(=O)O. The number of rotatable bonds is 4. The lowest BCUT2D eigenvalue weighted by Crippen LogP contribution is -2.31. The molecule has 0 radical (unpaired) electrons. The van der Waals surface area contributed by atoms with Crippen LogP contribution in [0.5, 0.6) is 0 Å². The smallest absolute Gasteiger partial charge is 0.336 e. The number of carboxylic acids is 1. The number of aliphatic hydroxyl groups excluding tert-OH is 1. The Morgan fingerprint density at radius 1 is 1.17 bits per heavy atom. The van der Waals surface area contributed by atoms with E-state index in [1.165, 1.54) is 11.9 Å². The maximum absolute atomic E-state index is 12.2. The molecule has 0 aromatic heterocycles. The van der Waals surface area contributed by atoms with Crippen LogP contribution in [0, 0.1) is 13.8 Å². The minimum absolute atomic E-state index is 0.0322. The van der Waals surface area contributed by atoms with Crippen molar-refractivity contribution in [3.05, 3.63) is 34.4 Å². The number of amides is 1. The van der Waals surface area contributed by atoms with Crippen molar-refractivity contribution in [3.63, 3.8) is 0 Å². The van der Waals surface area contributed by atoms with Gasteiger partial charge in [0.2, 0.25) is 0 Å². The van der Waals surface area contributed by atoms with E-state index in [-0.39, 0.29) is 30.2 Å². The third-order valence-electron chi connectivity index (χ3n) is 2.83. The number of aliphatic hydroxyl groups is 1. The lowest BCUT2D eigenvalue weighted by Gasteiger charge is -2.19. The molecule has 1 aromatic rings. The number of carbonyl (C=O) groups excluding carboxylic acids is 1. The van der Waals surface area contributed by atoms with Crippen LogP contribution >= 0.6 is 0 Å². The predicted octanol–water partition coefficient (Wildman–Crippen LogP) is 1.07. The Bertz CT molecular complexity index is 482. The van der Waals surface area contributed by atoms with E-state index in [1.807, 2.05) is 0 Å². The fraction of sp³-hybridized carbons (Fsp3) is 0.385. The predicted molar refractivity (Wildman–Crippen MR) is 66.9 cm³/mol. The lowest BCUT2D eigenvalue weighted by atomic mass is 9.96. The van der Waals surface area contributed by atoms with Gasteiger partial charge in [0.15, 0.2) is 0 Å². The molecule has 1 rings (SSSR count). The Morgan fingerprint density at radius 3 is 2.11 bits per heavy atom. The second kappa shape index (κ2) is 5.64. The summed E-state index contributed by atoms with van der Waals surface area (Å²) in [5, 5.41) is 18.0. The highest BCUT2D eigenvalue weighted by Crippen LogP contribution is 2.20. The molecule has 1 aromatic carbocycles. The van der Waals surface area contributed by atoms with E-state index in [0.29, 0.717) is 11.1 Å². The van der Waals surface area contributed by atoms with Crippen LogP contribution < -0.4 is 0 Å². The van der Waals surface area contributed by atoms with Crippen molar-refractivity contribution in [1.29, 1.82) is 0 Å². The second-order valence-corrected chi connectivity index (χ2v) is 4.20. The van der Waals surface area contributed by atoms with E-state index in [1.54, 1.807) is 26.0 Å². The molecule has 5 nitrogen and oxygen atoms in total. The highest BCUT2D eigenvalue weighted by atomic mass is 16.4. The number of nitrogens with zero attached hydrogens (tertiary/aromatic N) is 1. The molecule has 0 aliphatic heterocycles.